The van der Waals surface area contributed by atoms with Gasteiger partial charge in [-0.25, -0.2) is 0 Å². The van der Waals surface area contributed by atoms with E-state index in [2.05, 4.69) is 19.3 Å². The molecule has 0 heterocycles. The fourth-order valence-corrected chi connectivity index (χ4v) is 4.65. The molecule has 0 radical (unpaired) electrons. The molecule has 2 heteroatoms. The zero-order valence-corrected chi connectivity index (χ0v) is 12.1. The minimum absolute atomic E-state index is 0.512. The van der Waals surface area contributed by atoms with E-state index in [4.69, 9.17) is 4.74 Å². The second kappa shape index (κ2) is 5.13. The summed E-state index contributed by atoms with van der Waals surface area (Å²) in [5.74, 6) is 0.928. The summed E-state index contributed by atoms with van der Waals surface area (Å²) in [6.07, 6.45) is 13.4. The average molecular weight is 251 g/mol. The second-order valence-corrected chi connectivity index (χ2v) is 7.02. The van der Waals surface area contributed by atoms with Gasteiger partial charge in [0, 0.05) is 11.5 Å². The van der Waals surface area contributed by atoms with E-state index in [0.29, 0.717) is 17.6 Å². The Balaban J connectivity index is 1.57. The summed E-state index contributed by atoms with van der Waals surface area (Å²) in [6, 6.07) is 0.729. The van der Waals surface area contributed by atoms with Gasteiger partial charge in [-0.05, 0) is 57.9 Å². The Labute approximate surface area is 112 Å². The van der Waals surface area contributed by atoms with Crippen LogP contribution in [0.25, 0.3) is 0 Å². The molecule has 3 fully saturated rings. The minimum atomic E-state index is 0.512. The van der Waals surface area contributed by atoms with Gasteiger partial charge >= 0.3 is 0 Å². The monoisotopic (exact) mass is 251 g/mol. The Morgan fingerprint density at radius 2 is 1.72 bits per heavy atom. The number of rotatable bonds is 3. The van der Waals surface area contributed by atoms with Gasteiger partial charge in [-0.15, -0.1) is 0 Å². The average Bonchev–Trinajstić information content (AvgIpc) is 2.88. The van der Waals surface area contributed by atoms with Crippen molar-refractivity contribution in [2.45, 2.75) is 83.0 Å². The lowest BCUT2D eigenvalue weighted by Gasteiger charge is -2.55. The molecule has 0 aliphatic heterocycles. The standard InChI is InChI=1S/C16H29NO/c1-12-5-7-13(8-6-12)18-15-11-14(17-2)16(15)9-3-4-10-16/h12-15,17H,3-11H2,1-2H3. The van der Waals surface area contributed by atoms with Crippen LogP contribution in [0.5, 0.6) is 0 Å². The Morgan fingerprint density at radius 3 is 2.33 bits per heavy atom. The first-order chi connectivity index (χ1) is 8.74. The third-order valence-corrected chi connectivity index (χ3v) is 5.99. The van der Waals surface area contributed by atoms with Crippen LogP contribution in [0.4, 0.5) is 0 Å². The van der Waals surface area contributed by atoms with E-state index in [1.54, 1.807) is 0 Å². The molecule has 2 atom stereocenters. The molecule has 2 nitrogen and oxygen atoms in total. The summed E-state index contributed by atoms with van der Waals surface area (Å²) in [5.41, 5.74) is 0.512. The number of ether oxygens (including phenoxy) is 1. The van der Waals surface area contributed by atoms with Gasteiger partial charge in [-0.1, -0.05) is 19.8 Å². The highest BCUT2D eigenvalue weighted by atomic mass is 16.5. The van der Waals surface area contributed by atoms with Crippen LogP contribution < -0.4 is 5.32 Å². The van der Waals surface area contributed by atoms with Crippen LogP contribution in [0.2, 0.25) is 0 Å². The third-order valence-electron chi connectivity index (χ3n) is 5.99. The van der Waals surface area contributed by atoms with Crippen LogP contribution in [-0.2, 0) is 4.74 Å². The third kappa shape index (κ3) is 2.12. The maximum Gasteiger partial charge on any atom is 0.0665 e. The Morgan fingerprint density at radius 1 is 1.06 bits per heavy atom. The first-order valence-electron chi connectivity index (χ1n) is 8.07. The molecule has 3 aliphatic rings. The number of hydrogen-bond donors (Lipinski definition) is 1. The van der Waals surface area contributed by atoms with Gasteiger partial charge in [0.25, 0.3) is 0 Å². The molecule has 3 aliphatic carbocycles. The molecule has 3 rings (SSSR count). The normalized spacial score (nSPS) is 43.0. The van der Waals surface area contributed by atoms with Crippen molar-refractivity contribution in [3.8, 4) is 0 Å². The molecule has 0 amide bonds. The SMILES string of the molecule is CNC1CC(OC2CCC(C)CC2)C12CCCC2. The topological polar surface area (TPSA) is 21.3 Å². The van der Waals surface area contributed by atoms with Crippen LogP contribution in [0.1, 0.15) is 64.7 Å². The van der Waals surface area contributed by atoms with Crippen molar-refractivity contribution in [2.24, 2.45) is 11.3 Å². The maximum absolute atomic E-state index is 6.51. The van der Waals surface area contributed by atoms with Gasteiger partial charge in [0.1, 0.15) is 0 Å². The zero-order chi connectivity index (χ0) is 12.6. The quantitative estimate of drug-likeness (QED) is 0.829. The van der Waals surface area contributed by atoms with E-state index < -0.39 is 0 Å². The highest BCUT2D eigenvalue weighted by Crippen LogP contribution is 2.55. The Hall–Kier alpha value is -0.0800. The zero-order valence-electron chi connectivity index (χ0n) is 12.1. The summed E-state index contributed by atoms with van der Waals surface area (Å²) >= 11 is 0. The smallest absolute Gasteiger partial charge is 0.0665 e. The van der Waals surface area contributed by atoms with E-state index in [9.17, 15) is 0 Å². The van der Waals surface area contributed by atoms with Crippen molar-refractivity contribution in [3.05, 3.63) is 0 Å². The fourth-order valence-electron chi connectivity index (χ4n) is 4.65. The highest BCUT2D eigenvalue weighted by Gasteiger charge is 2.56. The lowest BCUT2D eigenvalue weighted by molar-refractivity contribution is -0.166. The molecule has 104 valence electrons. The largest absolute Gasteiger partial charge is 0.374 e. The predicted molar refractivity (Wildman–Crippen MR) is 74.7 cm³/mol. The van der Waals surface area contributed by atoms with Crippen LogP contribution in [0, 0.1) is 11.3 Å². The molecule has 1 N–H and O–H groups in total. The van der Waals surface area contributed by atoms with Gasteiger partial charge in [0.15, 0.2) is 0 Å². The Kier molecular flexibility index (Phi) is 3.68. The van der Waals surface area contributed by atoms with Crippen molar-refractivity contribution >= 4 is 0 Å². The van der Waals surface area contributed by atoms with Crippen molar-refractivity contribution < 1.29 is 4.74 Å². The van der Waals surface area contributed by atoms with Gasteiger partial charge in [0.05, 0.1) is 12.2 Å². The molecule has 0 aromatic heterocycles. The molecule has 3 saturated carbocycles. The number of nitrogens with one attached hydrogen (secondary N) is 1. The molecule has 0 saturated heterocycles. The second-order valence-electron chi connectivity index (χ2n) is 7.02. The molecule has 0 aromatic rings. The molecule has 1 spiro atoms. The molecular weight excluding hydrogens is 222 g/mol. The Bertz CT molecular complexity index is 277. The van der Waals surface area contributed by atoms with Crippen LogP contribution >= 0.6 is 0 Å². The first kappa shape index (κ1) is 12.9. The van der Waals surface area contributed by atoms with Crippen molar-refractivity contribution in [3.63, 3.8) is 0 Å². The minimum Gasteiger partial charge on any atom is -0.374 e. The number of hydrogen-bond acceptors (Lipinski definition) is 2. The van der Waals surface area contributed by atoms with Crippen LogP contribution in [0.15, 0.2) is 0 Å². The van der Waals surface area contributed by atoms with E-state index >= 15 is 0 Å². The predicted octanol–water partition coefficient (Wildman–Crippen LogP) is 3.50. The maximum atomic E-state index is 6.51. The molecular formula is C16H29NO. The lowest BCUT2D eigenvalue weighted by atomic mass is 9.60. The van der Waals surface area contributed by atoms with E-state index in [1.165, 1.54) is 57.8 Å². The van der Waals surface area contributed by atoms with Crippen LogP contribution in [-0.4, -0.2) is 25.3 Å². The summed E-state index contributed by atoms with van der Waals surface area (Å²) in [7, 11) is 2.13. The summed E-state index contributed by atoms with van der Waals surface area (Å²) in [6.45, 7) is 2.38. The summed E-state index contributed by atoms with van der Waals surface area (Å²) in [5, 5.41) is 3.53. The summed E-state index contributed by atoms with van der Waals surface area (Å²) in [4.78, 5) is 0. The summed E-state index contributed by atoms with van der Waals surface area (Å²) < 4.78 is 6.51. The highest BCUT2D eigenvalue weighted by molar-refractivity contribution is 5.09. The van der Waals surface area contributed by atoms with Crippen molar-refractivity contribution in [1.82, 2.24) is 5.32 Å². The van der Waals surface area contributed by atoms with E-state index in [1.807, 2.05) is 0 Å². The molecule has 18 heavy (non-hydrogen) atoms. The van der Waals surface area contributed by atoms with Gasteiger partial charge in [-0.3, -0.25) is 0 Å². The van der Waals surface area contributed by atoms with Crippen molar-refractivity contribution in [1.29, 1.82) is 0 Å². The first-order valence-corrected chi connectivity index (χ1v) is 8.07. The van der Waals surface area contributed by atoms with Gasteiger partial charge in [-0.2, -0.15) is 0 Å². The lowest BCUT2D eigenvalue weighted by Crippen LogP contribution is -2.62. The van der Waals surface area contributed by atoms with E-state index in [0.717, 1.165) is 12.0 Å². The molecule has 0 aromatic carbocycles. The molecule has 0 bridgehead atoms. The van der Waals surface area contributed by atoms with Gasteiger partial charge < -0.3 is 10.1 Å². The van der Waals surface area contributed by atoms with Gasteiger partial charge in [0.2, 0.25) is 0 Å². The van der Waals surface area contributed by atoms with E-state index in [-0.39, 0.29) is 0 Å². The molecule has 2 unspecified atom stereocenters. The van der Waals surface area contributed by atoms with Crippen molar-refractivity contribution in [2.75, 3.05) is 7.05 Å². The van der Waals surface area contributed by atoms with Crippen LogP contribution in [0.3, 0.4) is 0 Å². The fraction of sp³-hybridized carbons (Fsp3) is 1.00.